The van der Waals surface area contributed by atoms with Crippen molar-refractivity contribution >= 4 is 38.6 Å². The van der Waals surface area contributed by atoms with Crippen LogP contribution in [0.4, 0.5) is 61.5 Å². The van der Waals surface area contributed by atoms with Gasteiger partial charge in [0.25, 0.3) is 0 Å². The Balaban J connectivity index is 2.64. The maximum Gasteiger partial charge on any atom is 0.385 e. The Hall–Kier alpha value is -1.10. The summed E-state index contributed by atoms with van der Waals surface area (Å²) in [5, 5.41) is 0.665. The lowest BCUT2D eigenvalue weighted by Gasteiger charge is -2.41. The normalized spacial score (nSPS) is 15.0. The summed E-state index contributed by atoms with van der Waals surface area (Å²) in [7, 11) is 0. The van der Waals surface area contributed by atoms with Crippen molar-refractivity contribution < 1.29 is 61.5 Å². The van der Waals surface area contributed by atoms with Crippen molar-refractivity contribution in [3.63, 3.8) is 0 Å². The van der Waals surface area contributed by atoms with Gasteiger partial charge in [-0.15, -0.1) is 22.7 Å². The number of alkyl halides is 14. The van der Waals surface area contributed by atoms with Crippen LogP contribution in [0.3, 0.4) is 0 Å². The van der Waals surface area contributed by atoms with E-state index in [9.17, 15) is 61.5 Å². The maximum atomic E-state index is 14.4. The summed E-state index contributed by atoms with van der Waals surface area (Å²) in [6.07, 6.45) is -5.71. The maximum absolute atomic E-state index is 14.4. The fourth-order valence-corrected chi connectivity index (χ4v) is 4.75. The average molecular weight is 595 g/mol. The molecule has 17 heteroatoms. The smallest absolute Gasteiger partial charge is 0.203 e. The van der Waals surface area contributed by atoms with Crippen LogP contribution < -0.4 is 0 Å². The van der Waals surface area contributed by atoms with E-state index in [0.717, 1.165) is 6.07 Å². The lowest BCUT2D eigenvalue weighted by Crippen LogP contribution is -2.71. The second kappa shape index (κ2) is 7.99. The number of thiophene rings is 2. The minimum atomic E-state index is -8.03. The molecule has 0 spiro atoms. The van der Waals surface area contributed by atoms with Crippen LogP contribution >= 0.6 is 38.6 Å². The topological polar surface area (TPSA) is 0 Å². The number of rotatable bonds is 8. The predicted molar refractivity (Wildman–Crippen MR) is 90.0 cm³/mol. The highest BCUT2D eigenvalue weighted by Crippen LogP contribution is 2.63. The first-order chi connectivity index (χ1) is 14.2. The summed E-state index contributed by atoms with van der Waals surface area (Å²) in [6, 6.07) is 2.37. The van der Waals surface area contributed by atoms with E-state index in [2.05, 4.69) is 15.9 Å². The van der Waals surface area contributed by atoms with E-state index in [1.165, 1.54) is 6.07 Å². The Bertz CT molecular complexity index is 961. The molecule has 32 heavy (non-hydrogen) atoms. The molecule has 0 saturated carbocycles. The monoisotopic (exact) mass is 594 g/mol. The Morgan fingerprint density at radius 2 is 1.19 bits per heavy atom. The van der Waals surface area contributed by atoms with Crippen LogP contribution in [0.25, 0.3) is 9.75 Å². The molecule has 0 bridgehead atoms. The molecule has 182 valence electrons. The molecule has 2 aromatic rings. The van der Waals surface area contributed by atoms with E-state index in [1.807, 2.05) is 0 Å². The lowest BCUT2D eigenvalue weighted by molar-refractivity contribution is -0.434. The van der Waals surface area contributed by atoms with E-state index >= 15 is 0 Å². The van der Waals surface area contributed by atoms with Gasteiger partial charge in [-0.05, 0) is 39.5 Å². The largest absolute Gasteiger partial charge is 0.385 e. The first-order valence-corrected chi connectivity index (χ1v) is 10.1. The Kier molecular flexibility index (Phi) is 6.78. The molecule has 0 nitrogen and oxygen atoms in total. The minimum Gasteiger partial charge on any atom is -0.203 e. The van der Waals surface area contributed by atoms with Gasteiger partial charge < -0.3 is 0 Å². The quantitative estimate of drug-likeness (QED) is 0.268. The predicted octanol–water partition coefficient (Wildman–Crippen LogP) is 8.77. The molecule has 0 aliphatic rings. The molecule has 0 atom stereocenters. The number of hydrogen-bond acceptors (Lipinski definition) is 2. The van der Waals surface area contributed by atoms with Crippen LogP contribution in [0, 0.1) is 0 Å². The van der Waals surface area contributed by atoms with Crippen molar-refractivity contribution in [2.45, 2.75) is 42.0 Å². The zero-order valence-corrected chi connectivity index (χ0v) is 17.6. The average Bonchev–Trinajstić information content (AvgIpc) is 3.29. The third-order valence-corrected chi connectivity index (χ3v) is 6.79. The highest BCUT2D eigenvalue weighted by Gasteiger charge is 2.91. The molecule has 2 rings (SSSR count). The van der Waals surface area contributed by atoms with Crippen LogP contribution in [0.15, 0.2) is 27.4 Å². The second-order valence-electron chi connectivity index (χ2n) is 6.06. The van der Waals surface area contributed by atoms with Gasteiger partial charge in [0.05, 0.1) is 8.66 Å². The summed E-state index contributed by atoms with van der Waals surface area (Å²) in [6.45, 7) is 0. The van der Waals surface area contributed by atoms with Crippen molar-refractivity contribution in [3.8, 4) is 9.75 Å². The highest BCUT2D eigenvalue weighted by molar-refractivity contribution is 9.11. The van der Waals surface area contributed by atoms with Crippen molar-refractivity contribution in [3.05, 3.63) is 32.9 Å². The van der Waals surface area contributed by atoms with E-state index in [-0.39, 0.29) is 26.1 Å². The highest BCUT2D eigenvalue weighted by atomic mass is 79.9. The van der Waals surface area contributed by atoms with E-state index < -0.39 is 52.4 Å². The molecule has 0 aliphatic carbocycles. The molecule has 2 aromatic heterocycles. The third kappa shape index (κ3) is 3.61. The summed E-state index contributed by atoms with van der Waals surface area (Å²) in [5.41, 5.74) is -2.00. The molecular formula is C15H5BrF14S2. The zero-order valence-electron chi connectivity index (χ0n) is 14.4. The SMILES string of the molecule is FC(F)C(F)(F)C(F)(F)C(F)(F)C(F)(F)C(F)(F)C(F)(F)c1ccsc1-c1ccc(Br)s1. The molecular weight excluding hydrogens is 590 g/mol. The first-order valence-electron chi connectivity index (χ1n) is 7.56. The molecule has 0 amide bonds. The fraction of sp³-hybridized carbons (Fsp3) is 0.467. The Morgan fingerprint density at radius 3 is 1.62 bits per heavy atom. The van der Waals surface area contributed by atoms with Crippen molar-refractivity contribution in [2.75, 3.05) is 0 Å². The summed E-state index contributed by atoms with van der Waals surface area (Å²) < 4.78 is 189. The van der Waals surface area contributed by atoms with Crippen LogP contribution in [-0.2, 0) is 5.92 Å². The van der Waals surface area contributed by atoms with Crippen molar-refractivity contribution in [1.82, 2.24) is 0 Å². The lowest BCUT2D eigenvalue weighted by atomic mass is 9.89. The molecule has 0 aromatic carbocycles. The van der Waals surface area contributed by atoms with Gasteiger partial charge in [0, 0.05) is 10.4 Å². The van der Waals surface area contributed by atoms with E-state index in [0.29, 0.717) is 16.7 Å². The Labute approximate surface area is 185 Å². The van der Waals surface area contributed by atoms with Gasteiger partial charge in [-0.25, -0.2) is 8.78 Å². The zero-order chi connectivity index (χ0) is 25.1. The van der Waals surface area contributed by atoms with Crippen LogP contribution in [-0.4, -0.2) is 36.0 Å². The second-order valence-corrected chi connectivity index (χ2v) is 9.44. The van der Waals surface area contributed by atoms with Crippen LogP contribution in [0.5, 0.6) is 0 Å². The van der Waals surface area contributed by atoms with Crippen LogP contribution in [0.1, 0.15) is 5.56 Å². The standard InChI is InChI=1S/C15H5BrF14S2/c16-7-2-1-6(32-7)8-5(3-4-31-8)10(19,20)12(23,24)14(27,28)15(29,30)13(25,26)11(21,22)9(17)18/h1-4,9H. The van der Waals surface area contributed by atoms with E-state index in [1.54, 1.807) is 0 Å². The molecule has 0 saturated heterocycles. The minimum absolute atomic E-state index is 0.113. The van der Waals surface area contributed by atoms with Gasteiger partial charge in [-0.1, -0.05) is 0 Å². The number of hydrogen-bond donors (Lipinski definition) is 0. The molecule has 0 N–H and O–H groups in total. The van der Waals surface area contributed by atoms with Gasteiger partial charge in [0.2, 0.25) is 0 Å². The summed E-state index contributed by atoms with van der Waals surface area (Å²) >= 11 is 3.78. The molecule has 0 fully saturated rings. The van der Waals surface area contributed by atoms with E-state index in [4.69, 9.17) is 0 Å². The summed E-state index contributed by atoms with van der Waals surface area (Å²) in [4.78, 5) is -1.09. The van der Waals surface area contributed by atoms with Gasteiger partial charge in [-0.2, -0.15) is 52.7 Å². The fourth-order valence-electron chi connectivity index (χ4n) is 2.29. The number of halogens is 15. The van der Waals surface area contributed by atoms with Gasteiger partial charge in [-0.3, -0.25) is 0 Å². The van der Waals surface area contributed by atoms with Crippen molar-refractivity contribution in [2.24, 2.45) is 0 Å². The summed E-state index contributed by atoms with van der Waals surface area (Å²) in [5.74, 6) is -44.8. The molecule has 0 radical (unpaired) electrons. The van der Waals surface area contributed by atoms with Crippen LogP contribution in [0.2, 0.25) is 0 Å². The first kappa shape index (κ1) is 27.1. The van der Waals surface area contributed by atoms with Gasteiger partial charge in [0.15, 0.2) is 0 Å². The molecule has 0 aliphatic heterocycles. The molecule has 2 heterocycles. The Morgan fingerprint density at radius 1 is 0.688 bits per heavy atom. The van der Waals surface area contributed by atoms with Gasteiger partial charge >= 0.3 is 42.0 Å². The third-order valence-electron chi connectivity index (χ3n) is 4.07. The molecule has 0 unspecified atom stereocenters. The van der Waals surface area contributed by atoms with Crippen molar-refractivity contribution in [1.29, 1.82) is 0 Å². The van der Waals surface area contributed by atoms with Gasteiger partial charge in [0.1, 0.15) is 0 Å².